The average molecular weight is 276 g/mol. The monoisotopic (exact) mass is 276 g/mol. The van der Waals surface area contributed by atoms with E-state index >= 15 is 0 Å². The molecule has 0 radical (unpaired) electrons. The van der Waals surface area contributed by atoms with Crippen LogP contribution in [0.15, 0.2) is 22.7 Å². The zero-order valence-electron chi connectivity index (χ0n) is 10.8. The van der Waals surface area contributed by atoms with Gasteiger partial charge in [0.15, 0.2) is 0 Å². The van der Waals surface area contributed by atoms with Crippen molar-refractivity contribution in [2.75, 3.05) is 13.1 Å². The number of hydrogen-bond acceptors (Lipinski definition) is 5. The number of piperazine rings is 1. The molecular formula is C13H13FN4O2. The van der Waals surface area contributed by atoms with Crippen LogP contribution < -0.4 is 10.6 Å². The van der Waals surface area contributed by atoms with E-state index in [0.717, 1.165) is 0 Å². The summed E-state index contributed by atoms with van der Waals surface area (Å²) in [6.07, 6.45) is 0. The van der Waals surface area contributed by atoms with Crippen LogP contribution in [0.4, 0.5) is 4.39 Å². The molecule has 3 rings (SSSR count). The summed E-state index contributed by atoms with van der Waals surface area (Å²) in [6, 6.07) is 4.56. The van der Waals surface area contributed by atoms with Crippen molar-refractivity contribution in [3.63, 3.8) is 0 Å². The number of carbonyl (C=O) groups is 1. The SMILES string of the molecule is Cc1ccc(-c2noc(C3CNC(=O)CN3)n2)cc1F. The second kappa shape index (κ2) is 5.01. The van der Waals surface area contributed by atoms with E-state index in [9.17, 15) is 9.18 Å². The first kappa shape index (κ1) is 12.7. The first-order valence-electron chi connectivity index (χ1n) is 6.23. The van der Waals surface area contributed by atoms with Crippen molar-refractivity contribution in [2.45, 2.75) is 13.0 Å². The van der Waals surface area contributed by atoms with Crippen LogP contribution in [0.25, 0.3) is 11.4 Å². The molecule has 1 unspecified atom stereocenters. The van der Waals surface area contributed by atoms with Crippen molar-refractivity contribution in [1.82, 2.24) is 20.8 Å². The Labute approximate surface area is 114 Å². The number of amides is 1. The zero-order chi connectivity index (χ0) is 14.1. The molecule has 0 bridgehead atoms. The van der Waals surface area contributed by atoms with Crippen LogP contribution in [0.5, 0.6) is 0 Å². The van der Waals surface area contributed by atoms with Crippen molar-refractivity contribution >= 4 is 5.91 Å². The quantitative estimate of drug-likeness (QED) is 0.853. The Morgan fingerprint density at radius 3 is 3.00 bits per heavy atom. The van der Waals surface area contributed by atoms with Gasteiger partial charge in [0, 0.05) is 12.1 Å². The Hall–Kier alpha value is -2.28. The average Bonchev–Trinajstić information content (AvgIpc) is 2.92. The Bertz CT molecular complexity index is 646. The fourth-order valence-corrected chi connectivity index (χ4v) is 1.97. The van der Waals surface area contributed by atoms with Crippen molar-refractivity contribution in [3.05, 3.63) is 35.5 Å². The zero-order valence-corrected chi connectivity index (χ0v) is 10.8. The van der Waals surface area contributed by atoms with Gasteiger partial charge in [0.1, 0.15) is 11.9 Å². The summed E-state index contributed by atoms with van der Waals surface area (Å²) in [5.41, 5.74) is 1.12. The van der Waals surface area contributed by atoms with Gasteiger partial charge >= 0.3 is 0 Å². The van der Waals surface area contributed by atoms with Gasteiger partial charge in [0.2, 0.25) is 17.6 Å². The van der Waals surface area contributed by atoms with E-state index in [1.54, 1.807) is 19.1 Å². The number of aryl methyl sites for hydroxylation is 1. The molecule has 2 heterocycles. The van der Waals surface area contributed by atoms with Crippen molar-refractivity contribution < 1.29 is 13.7 Å². The van der Waals surface area contributed by atoms with Gasteiger partial charge in [-0.15, -0.1) is 0 Å². The molecule has 1 aliphatic heterocycles. The van der Waals surface area contributed by atoms with E-state index in [1.807, 2.05) is 0 Å². The lowest BCUT2D eigenvalue weighted by atomic mass is 10.1. The summed E-state index contributed by atoms with van der Waals surface area (Å²) < 4.78 is 18.7. The van der Waals surface area contributed by atoms with Gasteiger partial charge in [-0.3, -0.25) is 10.1 Å². The lowest BCUT2D eigenvalue weighted by molar-refractivity contribution is -0.121. The Kier molecular flexibility index (Phi) is 3.19. The number of benzene rings is 1. The first-order valence-corrected chi connectivity index (χ1v) is 6.23. The predicted molar refractivity (Wildman–Crippen MR) is 68.2 cm³/mol. The second-order valence-corrected chi connectivity index (χ2v) is 4.66. The van der Waals surface area contributed by atoms with Gasteiger partial charge in [0.25, 0.3) is 0 Å². The van der Waals surface area contributed by atoms with Gasteiger partial charge in [-0.2, -0.15) is 4.98 Å². The number of hydrogen-bond donors (Lipinski definition) is 2. The number of rotatable bonds is 2. The highest BCUT2D eigenvalue weighted by Gasteiger charge is 2.24. The van der Waals surface area contributed by atoms with Gasteiger partial charge in [-0.25, -0.2) is 4.39 Å². The van der Waals surface area contributed by atoms with E-state index in [4.69, 9.17) is 4.52 Å². The number of nitrogens with zero attached hydrogens (tertiary/aromatic N) is 2. The summed E-state index contributed by atoms with van der Waals surface area (Å²) >= 11 is 0. The van der Waals surface area contributed by atoms with Crippen molar-refractivity contribution in [2.24, 2.45) is 0 Å². The van der Waals surface area contributed by atoms with Gasteiger partial charge in [0.05, 0.1) is 6.54 Å². The molecule has 1 aromatic heterocycles. The van der Waals surface area contributed by atoms with Crippen LogP contribution in [0, 0.1) is 12.7 Å². The molecule has 2 N–H and O–H groups in total. The molecule has 0 aliphatic carbocycles. The van der Waals surface area contributed by atoms with Crippen molar-refractivity contribution in [3.8, 4) is 11.4 Å². The smallest absolute Gasteiger partial charge is 0.245 e. The summed E-state index contributed by atoms with van der Waals surface area (Å²) in [6.45, 7) is 2.29. The molecule has 0 saturated carbocycles. The first-order chi connectivity index (χ1) is 9.63. The van der Waals surface area contributed by atoms with Crippen LogP contribution in [0.1, 0.15) is 17.5 Å². The van der Waals surface area contributed by atoms with Gasteiger partial charge in [-0.05, 0) is 18.6 Å². The molecule has 1 atom stereocenters. The largest absolute Gasteiger partial charge is 0.353 e. The summed E-state index contributed by atoms with van der Waals surface area (Å²) in [5.74, 6) is 0.331. The third kappa shape index (κ3) is 2.39. The highest BCUT2D eigenvalue weighted by molar-refractivity contribution is 5.78. The minimum Gasteiger partial charge on any atom is -0.353 e. The molecule has 0 spiro atoms. The van der Waals surface area contributed by atoms with Crippen LogP contribution in [0.2, 0.25) is 0 Å². The molecule has 1 saturated heterocycles. The maximum absolute atomic E-state index is 13.5. The third-order valence-corrected chi connectivity index (χ3v) is 3.18. The number of carbonyl (C=O) groups excluding carboxylic acids is 1. The molecule has 1 aromatic carbocycles. The lowest BCUT2D eigenvalue weighted by Gasteiger charge is -2.20. The number of halogens is 1. The number of nitrogens with one attached hydrogen (secondary N) is 2. The third-order valence-electron chi connectivity index (χ3n) is 3.18. The normalized spacial score (nSPS) is 18.9. The maximum Gasteiger partial charge on any atom is 0.245 e. The minimum atomic E-state index is -0.308. The highest BCUT2D eigenvalue weighted by Crippen LogP contribution is 2.21. The van der Waals surface area contributed by atoms with Crippen LogP contribution in [0.3, 0.4) is 0 Å². The summed E-state index contributed by atoms with van der Waals surface area (Å²) in [4.78, 5) is 15.3. The molecule has 7 heteroatoms. The van der Waals surface area contributed by atoms with E-state index in [1.165, 1.54) is 6.07 Å². The van der Waals surface area contributed by atoms with E-state index < -0.39 is 0 Å². The molecule has 1 aliphatic rings. The Morgan fingerprint density at radius 2 is 2.30 bits per heavy atom. The minimum absolute atomic E-state index is 0.0680. The molecule has 6 nitrogen and oxygen atoms in total. The van der Waals surface area contributed by atoms with Crippen LogP contribution in [-0.4, -0.2) is 29.1 Å². The summed E-state index contributed by atoms with van der Waals surface area (Å²) in [7, 11) is 0. The van der Waals surface area contributed by atoms with E-state index in [-0.39, 0.29) is 24.3 Å². The fourth-order valence-electron chi connectivity index (χ4n) is 1.97. The lowest BCUT2D eigenvalue weighted by Crippen LogP contribution is -2.47. The molecule has 1 amide bonds. The standard InChI is InChI=1S/C13H13FN4O2/c1-7-2-3-8(4-9(7)14)12-17-13(20-18-12)10-5-16-11(19)6-15-10/h2-4,10,15H,5-6H2,1H3,(H,16,19). The topological polar surface area (TPSA) is 80.0 Å². The fraction of sp³-hybridized carbons (Fsp3) is 0.308. The molecule has 104 valence electrons. The molecule has 2 aromatic rings. The molecular weight excluding hydrogens is 263 g/mol. The van der Waals surface area contributed by atoms with E-state index in [2.05, 4.69) is 20.8 Å². The van der Waals surface area contributed by atoms with Gasteiger partial charge in [-0.1, -0.05) is 17.3 Å². The highest BCUT2D eigenvalue weighted by atomic mass is 19.1. The van der Waals surface area contributed by atoms with Crippen LogP contribution >= 0.6 is 0 Å². The second-order valence-electron chi connectivity index (χ2n) is 4.66. The van der Waals surface area contributed by atoms with Gasteiger partial charge < -0.3 is 9.84 Å². The Balaban J connectivity index is 1.82. The van der Waals surface area contributed by atoms with Crippen LogP contribution in [-0.2, 0) is 4.79 Å². The predicted octanol–water partition coefficient (Wildman–Crippen LogP) is 0.945. The number of aromatic nitrogens is 2. The maximum atomic E-state index is 13.5. The molecule has 20 heavy (non-hydrogen) atoms. The molecule has 1 fully saturated rings. The summed E-state index contributed by atoms with van der Waals surface area (Å²) in [5, 5.41) is 9.54. The van der Waals surface area contributed by atoms with E-state index in [0.29, 0.717) is 29.4 Å². The Morgan fingerprint density at radius 1 is 1.45 bits per heavy atom. The van der Waals surface area contributed by atoms with Crippen molar-refractivity contribution in [1.29, 1.82) is 0 Å².